The number of phenols is 1. The topological polar surface area (TPSA) is 70.4 Å². The lowest BCUT2D eigenvalue weighted by Gasteiger charge is -2.10. The molecule has 158 valence electrons. The van der Waals surface area contributed by atoms with E-state index in [0.29, 0.717) is 30.7 Å². The number of nitrogens with one attached hydrogen (secondary N) is 1. The molecule has 4 heteroatoms. The van der Waals surface area contributed by atoms with E-state index in [2.05, 4.69) is 29.0 Å². The van der Waals surface area contributed by atoms with E-state index in [0.717, 1.165) is 30.0 Å². The Labute approximate surface area is 179 Å². The first-order chi connectivity index (χ1) is 14.6. The predicted octanol–water partition coefficient (Wildman–Crippen LogP) is 6.29. The number of hydrogen-bond acceptors (Lipinski definition) is 4. The van der Waals surface area contributed by atoms with Crippen molar-refractivity contribution in [2.24, 2.45) is 0 Å². The number of aromatic hydroxyl groups is 1. The molecule has 0 heterocycles. The standard InChI is InChI=1S/C21H21NO.C5H10O2/c22-19(13-7-4-10-16-8-2-1-3-9-16)21-18-12-6-5-11-17(18)14-15-20(21)23;1-3-5(6)7-4-2/h1-3,5-6,8-9,11-12,14-15,22-23H,4,7,10,13H2;3-4H2,1-2H3. The number of esters is 1. The Morgan fingerprint density at radius 3 is 2.30 bits per heavy atom. The average molecular weight is 406 g/mol. The Morgan fingerprint density at radius 1 is 0.933 bits per heavy atom. The minimum atomic E-state index is -0.123. The highest BCUT2D eigenvalue weighted by molar-refractivity contribution is 6.11. The first-order valence-corrected chi connectivity index (χ1v) is 10.5. The van der Waals surface area contributed by atoms with Crippen molar-refractivity contribution in [2.45, 2.75) is 46.0 Å². The summed E-state index contributed by atoms with van der Waals surface area (Å²) in [6, 6.07) is 21.9. The highest BCUT2D eigenvalue weighted by Gasteiger charge is 2.11. The van der Waals surface area contributed by atoms with E-state index >= 15 is 0 Å². The molecule has 0 spiro atoms. The Morgan fingerprint density at radius 2 is 1.63 bits per heavy atom. The molecule has 0 bridgehead atoms. The summed E-state index contributed by atoms with van der Waals surface area (Å²) in [4.78, 5) is 10.2. The first-order valence-electron chi connectivity index (χ1n) is 10.5. The molecule has 3 aromatic rings. The van der Waals surface area contributed by atoms with E-state index < -0.39 is 0 Å². The maximum atomic E-state index is 10.2. The van der Waals surface area contributed by atoms with Crippen LogP contribution >= 0.6 is 0 Å². The molecule has 0 aliphatic rings. The second-order valence-electron chi connectivity index (χ2n) is 7.01. The largest absolute Gasteiger partial charge is 0.507 e. The van der Waals surface area contributed by atoms with Gasteiger partial charge in [0.25, 0.3) is 0 Å². The van der Waals surface area contributed by atoms with Gasteiger partial charge in [-0.15, -0.1) is 0 Å². The fourth-order valence-electron chi connectivity index (χ4n) is 3.24. The third-order valence-electron chi connectivity index (χ3n) is 4.79. The Bertz CT molecular complexity index is 951. The van der Waals surface area contributed by atoms with Crippen molar-refractivity contribution < 1.29 is 14.6 Å². The van der Waals surface area contributed by atoms with Gasteiger partial charge in [0.2, 0.25) is 0 Å². The molecule has 0 fully saturated rings. The van der Waals surface area contributed by atoms with Gasteiger partial charge in [-0.05, 0) is 55.0 Å². The SMILES string of the molecule is CCOC(=O)CC.N=C(CCCCc1ccccc1)c1c(O)ccc2ccccc12. The van der Waals surface area contributed by atoms with Crippen LogP contribution in [0.5, 0.6) is 5.75 Å². The number of carbonyl (C=O) groups is 1. The summed E-state index contributed by atoms with van der Waals surface area (Å²) in [5.74, 6) is 0.0826. The summed E-state index contributed by atoms with van der Waals surface area (Å²) in [7, 11) is 0. The van der Waals surface area contributed by atoms with Crippen LogP contribution in [0.3, 0.4) is 0 Å². The maximum Gasteiger partial charge on any atom is 0.305 e. The van der Waals surface area contributed by atoms with Gasteiger partial charge in [-0.2, -0.15) is 0 Å². The van der Waals surface area contributed by atoms with Gasteiger partial charge in [-0.3, -0.25) is 4.79 Å². The molecule has 0 saturated carbocycles. The number of rotatable bonds is 8. The first kappa shape index (κ1) is 23.1. The van der Waals surface area contributed by atoms with Gasteiger partial charge in [0.15, 0.2) is 0 Å². The Balaban J connectivity index is 0.000000396. The van der Waals surface area contributed by atoms with Crippen molar-refractivity contribution in [2.75, 3.05) is 6.61 Å². The quantitative estimate of drug-likeness (QED) is 0.263. The monoisotopic (exact) mass is 405 g/mol. The molecule has 4 nitrogen and oxygen atoms in total. The van der Waals surface area contributed by atoms with E-state index in [1.165, 1.54) is 5.56 Å². The van der Waals surface area contributed by atoms with Gasteiger partial charge in [-0.25, -0.2) is 0 Å². The summed E-state index contributed by atoms with van der Waals surface area (Å²) in [6.45, 7) is 4.07. The predicted molar refractivity (Wildman–Crippen MR) is 123 cm³/mol. The van der Waals surface area contributed by atoms with Gasteiger partial charge in [-0.1, -0.05) is 67.6 Å². The smallest absolute Gasteiger partial charge is 0.305 e. The number of fused-ring (bicyclic) bond motifs is 1. The summed E-state index contributed by atoms with van der Waals surface area (Å²) >= 11 is 0. The van der Waals surface area contributed by atoms with Crippen LogP contribution in [0.1, 0.15) is 50.7 Å². The third-order valence-corrected chi connectivity index (χ3v) is 4.79. The van der Waals surface area contributed by atoms with Crippen molar-refractivity contribution >= 4 is 22.5 Å². The second-order valence-corrected chi connectivity index (χ2v) is 7.01. The van der Waals surface area contributed by atoms with Crippen molar-refractivity contribution in [3.63, 3.8) is 0 Å². The molecule has 0 atom stereocenters. The fraction of sp³-hybridized carbons (Fsp3) is 0.308. The number of phenolic OH excluding ortho intramolecular Hbond substituents is 1. The lowest BCUT2D eigenvalue weighted by atomic mass is 9.96. The molecule has 0 aliphatic heterocycles. The summed E-state index contributed by atoms with van der Waals surface area (Å²) < 4.78 is 4.55. The minimum Gasteiger partial charge on any atom is -0.507 e. The molecule has 0 amide bonds. The fourth-order valence-corrected chi connectivity index (χ4v) is 3.24. The lowest BCUT2D eigenvalue weighted by Crippen LogP contribution is -2.01. The Kier molecular flexibility index (Phi) is 9.59. The van der Waals surface area contributed by atoms with Crippen molar-refractivity contribution in [1.29, 1.82) is 5.41 Å². The lowest BCUT2D eigenvalue weighted by molar-refractivity contribution is -0.142. The molecule has 3 rings (SSSR count). The number of aryl methyl sites for hydroxylation is 1. The van der Waals surface area contributed by atoms with Crippen molar-refractivity contribution in [3.05, 3.63) is 77.9 Å². The zero-order valence-corrected chi connectivity index (χ0v) is 17.9. The summed E-state index contributed by atoms with van der Waals surface area (Å²) in [6.07, 6.45) is 4.21. The molecule has 0 unspecified atom stereocenters. The molecule has 0 aliphatic carbocycles. The van der Waals surface area contributed by atoms with E-state index in [1.54, 1.807) is 19.9 Å². The molecule has 0 aromatic heterocycles. The number of ether oxygens (including phenoxy) is 1. The van der Waals surface area contributed by atoms with Crippen molar-refractivity contribution in [1.82, 2.24) is 0 Å². The van der Waals surface area contributed by atoms with Gasteiger partial charge in [0, 0.05) is 17.7 Å². The molecule has 30 heavy (non-hydrogen) atoms. The highest BCUT2D eigenvalue weighted by atomic mass is 16.5. The minimum absolute atomic E-state index is 0.123. The molecular formula is C26H31NO3. The Hall–Kier alpha value is -3.14. The molecule has 2 N–H and O–H groups in total. The second kappa shape index (κ2) is 12.4. The van der Waals surface area contributed by atoms with E-state index in [4.69, 9.17) is 5.41 Å². The molecule has 3 aromatic carbocycles. The van der Waals surface area contributed by atoms with Crippen LogP contribution in [-0.2, 0) is 16.0 Å². The molecule has 0 saturated heterocycles. The van der Waals surface area contributed by atoms with E-state index in [1.807, 2.05) is 36.4 Å². The normalized spacial score (nSPS) is 10.2. The number of benzene rings is 3. The van der Waals surface area contributed by atoms with Crippen LogP contribution in [-0.4, -0.2) is 23.4 Å². The molecular weight excluding hydrogens is 374 g/mol. The number of unbranched alkanes of at least 4 members (excludes halogenated alkanes) is 1. The van der Waals surface area contributed by atoms with Crippen LogP contribution in [0.25, 0.3) is 10.8 Å². The molecule has 0 radical (unpaired) electrons. The van der Waals surface area contributed by atoms with E-state index in [-0.39, 0.29) is 11.7 Å². The van der Waals surface area contributed by atoms with Crippen LogP contribution in [0.15, 0.2) is 66.7 Å². The third kappa shape index (κ3) is 7.03. The van der Waals surface area contributed by atoms with Gasteiger partial charge in [0.1, 0.15) is 5.75 Å². The highest BCUT2D eigenvalue weighted by Crippen LogP contribution is 2.28. The zero-order valence-electron chi connectivity index (χ0n) is 17.9. The van der Waals surface area contributed by atoms with E-state index in [9.17, 15) is 9.90 Å². The van der Waals surface area contributed by atoms with Crippen molar-refractivity contribution in [3.8, 4) is 5.75 Å². The average Bonchev–Trinajstić information content (AvgIpc) is 2.77. The van der Waals surface area contributed by atoms with Gasteiger partial charge in [0.05, 0.1) is 6.61 Å². The maximum absolute atomic E-state index is 10.2. The zero-order chi connectivity index (χ0) is 21.8. The van der Waals surface area contributed by atoms with Crippen LogP contribution in [0.2, 0.25) is 0 Å². The number of hydrogen-bond donors (Lipinski definition) is 2. The number of carbonyl (C=O) groups excluding carboxylic acids is 1. The van der Waals surface area contributed by atoms with Crippen LogP contribution in [0.4, 0.5) is 0 Å². The van der Waals surface area contributed by atoms with Crippen LogP contribution < -0.4 is 0 Å². The summed E-state index contributed by atoms with van der Waals surface area (Å²) in [5, 5.41) is 20.6. The van der Waals surface area contributed by atoms with Gasteiger partial charge >= 0.3 is 5.97 Å². The van der Waals surface area contributed by atoms with Crippen LogP contribution in [0, 0.1) is 5.41 Å². The summed E-state index contributed by atoms with van der Waals surface area (Å²) in [5.41, 5.74) is 2.54. The van der Waals surface area contributed by atoms with Gasteiger partial charge < -0.3 is 15.3 Å².